The minimum Gasteiger partial charge on any atom is -0.351 e. The normalized spacial score (nSPS) is 26.5. The maximum absolute atomic E-state index is 11.1. The van der Waals surface area contributed by atoms with Crippen molar-refractivity contribution in [1.82, 2.24) is 15.0 Å². The van der Waals surface area contributed by atoms with Crippen LogP contribution in [0.2, 0.25) is 0 Å². The van der Waals surface area contributed by atoms with Gasteiger partial charge in [-0.3, -0.25) is 9.63 Å². The van der Waals surface area contributed by atoms with E-state index in [-0.39, 0.29) is 6.04 Å². The van der Waals surface area contributed by atoms with E-state index in [4.69, 9.17) is 4.84 Å². The molecule has 0 aliphatic heterocycles. The average molecular weight is 263 g/mol. The van der Waals surface area contributed by atoms with E-state index in [2.05, 4.69) is 9.97 Å². The first kappa shape index (κ1) is 12.7. The molecule has 1 aromatic rings. The summed E-state index contributed by atoms with van der Waals surface area (Å²) < 4.78 is 0. The van der Waals surface area contributed by atoms with Gasteiger partial charge < -0.3 is 4.98 Å². The van der Waals surface area contributed by atoms with Crippen LogP contribution >= 0.6 is 0 Å². The predicted octanol–water partition coefficient (Wildman–Crippen LogP) is 2.24. The van der Waals surface area contributed by atoms with Crippen molar-refractivity contribution in [1.29, 1.82) is 0 Å². The number of aromatic amines is 1. The molecule has 2 aliphatic rings. The van der Waals surface area contributed by atoms with E-state index in [0.717, 1.165) is 30.9 Å². The second-order valence-corrected chi connectivity index (χ2v) is 5.64. The number of imidazole rings is 1. The van der Waals surface area contributed by atoms with Crippen LogP contribution in [0, 0.1) is 5.92 Å². The lowest BCUT2D eigenvalue weighted by Crippen LogP contribution is -2.26. The highest BCUT2D eigenvalue weighted by atomic mass is 16.7. The van der Waals surface area contributed by atoms with Crippen LogP contribution in [0.5, 0.6) is 0 Å². The van der Waals surface area contributed by atoms with Gasteiger partial charge in [0.1, 0.15) is 0 Å². The van der Waals surface area contributed by atoms with Gasteiger partial charge in [-0.25, -0.2) is 10.0 Å². The summed E-state index contributed by atoms with van der Waals surface area (Å²) >= 11 is 0. The Morgan fingerprint density at radius 3 is 3.00 bits per heavy atom. The van der Waals surface area contributed by atoms with Gasteiger partial charge in [-0.15, -0.1) is 0 Å². The number of rotatable bonds is 7. The second kappa shape index (κ2) is 5.74. The van der Waals surface area contributed by atoms with E-state index in [9.17, 15) is 4.79 Å². The Labute approximate surface area is 113 Å². The SMILES string of the molecule is O=CN(OCCC1CCCC1)[C@@H]1C[C@H]1c1c[nH]cn1. The van der Waals surface area contributed by atoms with E-state index >= 15 is 0 Å². The van der Waals surface area contributed by atoms with Crippen LogP contribution in [0.15, 0.2) is 12.5 Å². The number of amides is 1. The van der Waals surface area contributed by atoms with Crippen LogP contribution in [-0.2, 0) is 9.63 Å². The fourth-order valence-corrected chi connectivity index (χ4v) is 3.08. The minimum absolute atomic E-state index is 0.171. The third-order valence-electron chi connectivity index (χ3n) is 4.33. The van der Waals surface area contributed by atoms with Gasteiger partial charge in [0.15, 0.2) is 0 Å². The summed E-state index contributed by atoms with van der Waals surface area (Å²) in [5.41, 5.74) is 1.02. The van der Waals surface area contributed by atoms with E-state index in [1.165, 1.54) is 30.7 Å². The molecular formula is C14H21N3O2. The fourth-order valence-electron chi connectivity index (χ4n) is 3.08. The highest BCUT2D eigenvalue weighted by Crippen LogP contribution is 2.43. The Kier molecular flexibility index (Phi) is 3.82. The first-order chi connectivity index (χ1) is 9.38. The van der Waals surface area contributed by atoms with Crippen molar-refractivity contribution >= 4 is 6.41 Å². The molecule has 1 N–H and O–H groups in total. The molecule has 0 bridgehead atoms. The fraction of sp³-hybridized carbons (Fsp3) is 0.714. The molecule has 1 aromatic heterocycles. The molecule has 2 aliphatic carbocycles. The summed E-state index contributed by atoms with van der Waals surface area (Å²) in [7, 11) is 0. The third-order valence-corrected chi connectivity index (χ3v) is 4.33. The number of aromatic nitrogens is 2. The summed E-state index contributed by atoms with van der Waals surface area (Å²) in [6.07, 6.45) is 11.8. The monoisotopic (exact) mass is 263 g/mol. The molecule has 2 saturated carbocycles. The van der Waals surface area contributed by atoms with Gasteiger partial charge in [-0.05, 0) is 18.8 Å². The number of nitrogens with one attached hydrogen (secondary N) is 1. The van der Waals surface area contributed by atoms with Crippen LogP contribution in [0.4, 0.5) is 0 Å². The number of hydrogen-bond donors (Lipinski definition) is 1. The first-order valence-electron chi connectivity index (χ1n) is 7.23. The Balaban J connectivity index is 1.42. The van der Waals surface area contributed by atoms with Gasteiger partial charge in [-0.2, -0.15) is 0 Å². The van der Waals surface area contributed by atoms with Crippen molar-refractivity contribution in [3.63, 3.8) is 0 Å². The highest BCUT2D eigenvalue weighted by molar-refractivity contribution is 5.47. The third kappa shape index (κ3) is 2.97. The van der Waals surface area contributed by atoms with E-state index in [1.54, 1.807) is 6.33 Å². The standard InChI is InChI=1S/C14H21N3O2/c18-10-17(19-6-5-11-3-1-2-4-11)14-7-12(14)13-8-15-9-16-13/h8-12,14H,1-7H2,(H,15,16)/t12-,14+/m0/s1. The van der Waals surface area contributed by atoms with Crippen LogP contribution in [-0.4, -0.2) is 34.1 Å². The van der Waals surface area contributed by atoms with Gasteiger partial charge in [-0.1, -0.05) is 25.7 Å². The molecule has 2 atom stereocenters. The van der Waals surface area contributed by atoms with Gasteiger partial charge in [0, 0.05) is 12.1 Å². The van der Waals surface area contributed by atoms with Crippen molar-refractivity contribution in [2.75, 3.05) is 6.61 Å². The molecule has 104 valence electrons. The summed E-state index contributed by atoms with van der Waals surface area (Å²) in [4.78, 5) is 23.9. The Hall–Kier alpha value is -1.36. The van der Waals surface area contributed by atoms with Gasteiger partial charge in [0.2, 0.25) is 6.41 Å². The first-order valence-corrected chi connectivity index (χ1v) is 7.23. The molecule has 2 fully saturated rings. The van der Waals surface area contributed by atoms with Crippen LogP contribution in [0.3, 0.4) is 0 Å². The second-order valence-electron chi connectivity index (χ2n) is 5.64. The summed E-state index contributed by atoms with van der Waals surface area (Å²) in [5, 5.41) is 1.49. The van der Waals surface area contributed by atoms with Gasteiger partial charge in [0.25, 0.3) is 0 Å². The van der Waals surface area contributed by atoms with Crippen LogP contribution in [0.25, 0.3) is 0 Å². The van der Waals surface area contributed by atoms with Crippen molar-refractivity contribution in [3.05, 3.63) is 18.2 Å². The molecule has 0 radical (unpaired) electrons. The molecule has 19 heavy (non-hydrogen) atoms. The molecule has 1 amide bonds. The van der Waals surface area contributed by atoms with Crippen molar-refractivity contribution < 1.29 is 9.63 Å². The Bertz CT molecular complexity index is 401. The highest BCUT2D eigenvalue weighted by Gasteiger charge is 2.45. The quantitative estimate of drug-likeness (QED) is 0.606. The van der Waals surface area contributed by atoms with E-state index < -0.39 is 0 Å². The number of carbonyl (C=O) groups is 1. The predicted molar refractivity (Wildman–Crippen MR) is 70.2 cm³/mol. The van der Waals surface area contributed by atoms with Crippen molar-refractivity contribution in [2.45, 2.75) is 50.5 Å². The largest absolute Gasteiger partial charge is 0.351 e. The van der Waals surface area contributed by atoms with Gasteiger partial charge in [0.05, 0.1) is 24.7 Å². The summed E-state index contributed by atoms with van der Waals surface area (Å²) in [6, 6.07) is 0.171. The minimum atomic E-state index is 0.171. The molecule has 3 rings (SSSR count). The maximum Gasteiger partial charge on any atom is 0.233 e. The molecule has 0 aromatic carbocycles. The van der Waals surface area contributed by atoms with Crippen molar-refractivity contribution in [2.24, 2.45) is 5.92 Å². The lowest BCUT2D eigenvalue weighted by atomic mass is 10.1. The number of carbonyl (C=O) groups excluding carboxylic acids is 1. The van der Waals surface area contributed by atoms with Crippen LogP contribution in [0.1, 0.15) is 50.1 Å². The number of nitrogens with zero attached hydrogens (tertiary/aromatic N) is 2. The number of hydrogen-bond acceptors (Lipinski definition) is 3. The topological polar surface area (TPSA) is 58.2 Å². The Morgan fingerprint density at radius 1 is 1.47 bits per heavy atom. The van der Waals surface area contributed by atoms with E-state index in [1.807, 2.05) is 6.20 Å². The van der Waals surface area contributed by atoms with Crippen LogP contribution < -0.4 is 0 Å². The molecule has 5 nitrogen and oxygen atoms in total. The molecule has 5 heteroatoms. The zero-order valence-electron chi connectivity index (χ0n) is 11.1. The summed E-state index contributed by atoms with van der Waals surface area (Å²) in [5.74, 6) is 1.14. The number of hydroxylamine groups is 2. The lowest BCUT2D eigenvalue weighted by molar-refractivity contribution is -0.177. The Morgan fingerprint density at radius 2 is 2.32 bits per heavy atom. The van der Waals surface area contributed by atoms with Crippen molar-refractivity contribution in [3.8, 4) is 0 Å². The summed E-state index contributed by atoms with van der Waals surface area (Å²) in [6.45, 7) is 0.660. The zero-order valence-corrected chi connectivity index (χ0v) is 11.1. The maximum atomic E-state index is 11.1. The molecule has 0 spiro atoms. The lowest BCUT2D eigenvalue weighted by Gasteiger charge is -2.18. The number of H-pyrrole nitrogens is 1. The molecular weight excluding hydrogens is 242 g/mol. The average Bonchev–Trinajstić information content (AvgIpc) is 2.88. The zero-order chi connectivity index (χ0) is 13.1. The molecule has 0 saturated heterocycles. The molecule has 1 heterocycles. The van der Waals surface area contributed by atoms with E-state index in [0.29, 0.717) is 12.5 Å². The van der Waals surface area contributed by atoms with Gasteiger partial charge >= 0.3 is 0 Å². The smallest absolute Gasteiger partial charge is 0.233 e. The molecule has 0 unspecified atom stereocenters.